The molecule has 1 fully saturated rings. The zero-order valence-electron chi connectivity index (χ0n) is 17.4. The molecule has 0 spiro atoms. The number of nitrogens with one attached hydrogen (secondary N) is 1. The molecule has 1 N–H and O–H groups in total. The number of amides is 1. The zero-order valence-corrected chi connectivity index (χ0v) is 18.2. The zero-order chi connectivity index (χ0) is 20.9. The maximum Gasteiger partial charge on any atom is 0.260 e. The van der Waals surface area contributed by atoms with Crippen LogP contribution in [-0.2, 0) is 19.6 Å². The molecule has 1 aliphatic heterocycles. The van der Waals surface area contributed by atoms with Crippen molar-refractivity contribution in [2.24, 2.45) is 0 Å². The number of rotatable bonds is 8. The molecule has 0 bridgehead atoms. The maximum absolute atomic E-state index is 12.8. The summed E-state index contributed by atoms with van der Waals surface area (Å²) in [7, 11) is -1.88. The lowest BCUT2D eigenvalue weighted by Crippen LogP contribution is -2.60. The minimum atomic E-state index is -3.44. The second-order valence-corrected chi connectivity index (χ2v) is 9.90. The van der Waals surface area contributed by atoms with Crippen LogP contribution < -0.4 is 9.46 Å². The van der Waals surface area contributed by atoms with Crippen LogP contribution in [0.15, 0.2) is 18.2 Å². The molecule has 0 radical (unpaired) electrons. The van der Waals surface area contributed by atoms with E-state index < -0.39 is 15.3 Å². The number of ether oxygens (including phenoxy) is 2. The Hall–Kier alpha value is -1.64. The quantitative estimate of drug-likeness (QED) is 0.706. The van der Waals surface area contributed by atoms with Crippen molar-refractivity contribution < 1.29 is 22.7 Å². The average molecular weight is 413 g/mol. The van der Waals surface area contributed by atoms with Crippen molar-refractivity contribution in [2.75, 3.05) is 26.9 Å². The summed E-state index contributed by atoms with van der Waals surface area (Å²) in [6, 6.07) is 5.08. The number of hydrogen-bond donors (Lipinski definition) is 1. The highest BCUT2D eigenvalue weighted by atomic mass is 32.2. The Morgan fingerprint density at radius 2 is 2.04 bits per heavy atom. The van der Waals surface area contributed by atoms with Gasteiger partial charge in [-0.3, -0.25) is 4.79 Å². The molecule has 0 aromatic heterocycles. The number of nitrogens with zero attached hydrogens (tertiary/aromatic N) is 1. The van der Waals surface area contributed by atoms with Crippen LogP contribution in [0.2, 0.25) is 0 Å². The molecular weight excluding hydrogens is 380 g/mol. The fourth-order valence-corrected chi connectivity index (χ4v) is 4.38. The second kappa shape index (κ2) is 9.71. The first-order valence-electron chi connectivity index (χ1n) is 9.65. The molecule has 1 heterocycles. The lowest BCUT2D eigenvalue weighted by Gasteiger charge is -2.41. The van der Waals surface area contributed by atoms with E-state index in [0.717, 1.165) is 17.5 Å². The number of sulfonamides is 1. The van der Waals surface area contributed by atoms with E-state index in [4.69, 9.17) is 9.47 Å². The van der Waals surface area contributed by atoms with Gasteiger partial charge in [0, 0.05) is 19.7 Å². The SMILES string of the molecule is COCC1[C@@H](NS(=O)(=O)C(C)C)CCCN1C(=O)COc1ccc(C)cc1C. The molecular formula is C20H32N2O5S. The van der Waals surface area contributed by atoms with Gasteiger partial charge in [0.05, 0.1) is 17.9 Å². The van der Waals surface area contributed by atoms with Gasteiger partial charge in [0.1, 0.15) is 5.75 Å². The predicted molar refractivity (Wildman–Crippen MR) is 109 cm³/mol. The summed E-state index contributed by atoms with van der Waals surface area (Å²) in [5.41, 5.74) is 2.11. The third-order valence-electron chi connectivity index (χ3n) is 5.05. The summed E-state index contributed by atoms with van der Waals surface area (Å²) in [6.45, 7) is 7.95. The molecule has 1 unspecified atom stereocenters. The van der Waals surface area contributed by atoms with Gasteiger partial charge in [0.15, 0.2) is 6.61 Å². The molecule has 1 aliphatic rings. The van der Waals surface area contributed by atoms with E-state index in [1.807, 2.05) is 32.0 Å². The number of carbonyl (C=O) groups is 1. The van der Waals surface area contributed by atoms with E-state index in [9.17, 15) is 13.2 Å². The summed E-state index contributed by atoms with van der Waals surface area (Å²) >= 11 is 0. The van der Waals surface area contributed by atoms with Gasteiger partial charge in [0.25, 0.3) is 5.91 Å². The average Bonchev–Trinajstić information content (AvgIpc) is 2.62. The third-order valence-corrected chi connectivity index (χ3v) is 6.93. The van der Waals surface area contributed by atoms with Gasteiger partial charge >= 0.3 is 0 Å². The lowest BCUT2D eigenvalue weighted by molar-refractivity contribution is -0.139. The lowest BCUT2D eigenvalue weighted by atomic mass is 9.97. The van der Waals surface area contributed by atoms with Crippen molar-refractivity contribution in [1.82, 2.24) is 9.62 Å². The van der Waals surface area contributed by atoms with E-state index in [-0.39, 0.29) is 31.2 Å². The van der Waals surface area contributed by atoms with Crippen molar-refractivity contribution in [3.05, 3.63) is 29.3 Å². The number of carbonyl (C=O) groups excluding carboxylic acids is 1. The second-order valence-electron chi connectivity index (χ2n) is 7.63. The highest BCUT2D eigenvalue weighted by Crippen LogP contribution is 2.22. The molecule has 1 saturated heterocycles. The third kappa shape index (κ3) is 5.68. The van der Waals surface area contributed by atoms with Crippen LogP contribution in [-0.4, -0.2) is 63.4 Å². The fraction of sp³-hybridized carbons (Fsp3) is 0.650. The van der Waals surface area contributed by atoms with Gasteiger partial charge in [-0.05, 0) is 52.2 Å². The van der Waals surface area contributed by atoms with Gasteiger partial charge < -0.3 is 14.4 Å². The van der Waals surface area contributed by atoms with Crippen molar-refractivity contribution >= 4 is 15.9 Å². The van der Waals surface area contributed by atoms with Crippen molar-refractivity contribution in [3.63, 3.8) is 0 Å². The molecule has 1 amide bonds. The van der Waals surface area contributed by atoms with Gasteiger partial charge in [-0.2, -0.15) is 0 Å². The Kier molecular flexibility index (Phi) is 7.86. The van der Waals surface area contributed by atoms with Gasteiger partial charge in [0.2, 0.25) is 10.0 Å². The summed E-state index contributed by atoms with van der Waals surface area (Å²) < 4.78 is 38.4. The van der Waals surface area contributed by atoms with E-state index in [1.165, 1.54) is 0 Å². The molecule has 0 saturated carbocycles. The molecule has 0 aliphatic carbocycles. The van der Waals surface area contributed by atoms with E-state index >= 15 is 0 Å². The van der Waals surface area contributed by atoms with E-state index in [0.29, 0.717) is 18.7 Å². The first-order chi connectivity index (χ1) is 13.2. The number of likely N-dealkylation sites (tertiary alicyclic amines) is 1. The largest absolute Gasteiger partial charge is 0.484 e. The fourth-order valence-electron chi connectivity index (χ4n) is 3.41. The topological polar surface area (TPSA) is 84.9 Å². The maximum atomic E-state index is 12.8. The molecule has 2 atom stereocenters. The summed E-state index contributed by atoms with van der Waals surface area (Å²) in [5, 5.41) is -0.533. The van der Waals surface area contributed by atoms with Crippen LogP contribution in [0.25, 0.3) is 0 Å². The Bertz CT molecular complexity index is 779. The summed E-state index contributed by atoms with van der Waals surface area (Å²) in [4.78, 5) is 14.5. The Labute approximate surface area is 168 Å². The van der Waals surface area contributed by atoms with Crippen LogP contribution >= 0.6 is 0 Å². The number of methoxy groups -OCH3 is 1. The minimum Gasteiger partial charge on any atom is -0.484 e. The summed E-state index contributed by atoms with van der Waals surface area (Å²) in [5.74, 6) is 0.506. The molecule has 2 rings (SSSR count). The standard InChI is InChI=1S/C20H32N2O5S/c1-14(2)28(24,25)21-17-7-6-10-22(18(17)12-26-5)20(23)13-27-19-9-8-15(3)11-16(19)4/h8-9,11,14,17-18,21H,6-7,10,12-13H2,1-5H3/t17-,18?/m0/s1. The number of hydrogen-bond acceptors (Lipinski definition) is 5. The highest BCUT2D eigenvalue weighted by molar-refractivity contribution is 7.90. The van der Waals surface area contributed by atoms with Crippen molar-refractivity contribution in [3.8, 4) is 5.75 Å². The Morgan fingerprint density at radius 3 is 2.64 bits per heavy atom. The predicted octanol–water partition coefficient (Wildman–Crippen LogP) is 2.02. The number of piperidine rings is 1. The Balaban J connectivity index is 2.09. The normalized spacial score (nSPS) is 20.4. The smallest absolute Gasteiger partial charge is 0.260 e. The highest BCUT2D eigenvalue weighted by Gasteiger charge is 2.37. The van der Waals surface area contributed by atoms with Crippen LogP contribution in [0.3, 0.4) is 0 Å². The first kappa shape index (κ1) is 22.6. The van der Waals surface area contributed by atoms with Crippen molar-refractivity contribution in [2.45, 2.75) is 57.9 Å². The molecule has 1 aromatic carbocycles. The molecule has 8 heteroatoms. The van der Waals surface area contributed by atoms with Gasteiger partial charge in [-0.1, -0.05) is 17.7 Å². The summed E-state index contributed by atoms with van der Waals surface area (Å²) in [6.07, 6.45) is 1.39. The van der Waals surface area contributed by atoms with Gasteiger partial charge in [-0.15, -0.1) is 0 Å². The van der Waals surface area contributed by atoms with Crippen molar-refractivity contribution in [1.29, 1.82) is 0 Å². The molecule has 7 nitrogen and oxygen atoms in total. The Morgan fingerprint density at radius 1 is 1.32 bits per heavy atom. The van der Waals surface area contributed by atoms with Gasteiger partial charge in [-0.25, -0.2) is 13.1 Å². The number of aryl methyl sites for hydroxylation is 2. The monoisotopic (exact) mass is 412 g/mol. The molecule has 28 heavy (non-hydrogen) atoms. The molecule has 158 valence electrons. The van der Waals surface area contributed by atoms with Crippen LogP contribution in [0.5, 0.6) is 5.75 Å². The van der Waals surface area contributed by atoms with Crippen LogP contribution in [0, 0.1) is 13.8 Å². The van der Waals surface area contributed by atoms with E-state index in [1.54, 1.807) is 25.9 Å². The van der Waals surface area contributed by atoms with Crippen LogP contribution in [0.1, 0.15) is 37.8 Å². The first-order valence-corrected chi connectivity index (χ1v) is 11.2. The molecule has 1 aromatic rings. The van der Waals surface area contributed by atoms with Crippen LogP contribution in [0.4, 0.5) is 0 Å². The van der Waals surface area contributed by atoms with E-state index in [2.05, 4.69) is 4.72 Å². The minimum absolute atomic E-state index is 0.0895. The number of benzene rings is 1.